The third kappa shape index (κ3) is 4.57. The van der Waals surface area contributed by atoms with E-state index in [0.29, 0.717) is 19.7 Å². The standard InChI is InChI=1S/C19H28N2O3/c1-14(22)21(12-11-20-18(23)17-10-7-13-24-17)16-9-6-5-8-15(16)19(2,3)4/h5-6,8-9,17H,7,10-13H2,1-4H3,(H,20,23). The molecule has 1 aromatic carbocycles. The van der Waals surface area contributed by atoms with Crippen molar-refractivity contribution in [2.24, 2.45) is 0 Å². The van der Waals surface area contributed by atoms with Gasteiger partial charge in [0.1, 0.15) is 6.10 Å². The number of para-hydroxylation sites is 1. The van der Waals surface area contributed by atoms with Crippen LogP contribution < -0.4 is 10.2 Å². The van der Waals surface area contributed by atoms with Crippen molar-refractivity contribution in [3.8, 4) is 0 Å². The Bertz CT molecular complexity index is 587. The lowest BCUT2D eigenvalue weighted by molar-refractivity contribution is -0.130. The molecule has 1 N–H and O–H groups in total. The smallest absolute Gasteiger partial charge is 0.249 e. The molecular weight excluding hydrogens is 304 g/mol. The van der Waals surface area contributed by atoms with Gasteiger partial charge in [0.2, 0.25) is 11.8 Å². The molecule has 1 aliphatic heterocycles. The summed E-state index contributed by atoms with van der Waals surface area (Å²) in [6.45, 7) is 9.45. The average Bonchev–Trinajstić information content (AvgIpc) is 3.04. The SMILES string of the molecule is CC(=O)N(CCNC(=O)C1CCCO1)c1ccccc1C(C)(C)C. The zero-order valence-electron chi connectivity index (χ0n) is 15.1. The molecule has 5 heteroatoms. The van der Waals surface area contributed by atoms with Gasteiger partial charge in [-0.2, -0.15) is 0 Å². The minimum atomic E-state index is -0.336. The van der Waals surface area contributed by atoms with Gasteiger partial charge < -0.3 is 15.0 Å². The Morgan fingerprint density at radius 1 is 1.29 bits per heavy atom. The number of nitrogens with zero attached hydrogens (tertiary/aromatic N) is 1. The normalized spacial score (nSPS) is 17.6. The van der Waals surface area contributed by atoms with E-state index < -0.39 is 0 Å². The summed E-state index contributed by atoms with van der Waals surface area (Å²) in [5.74, 6) is -0.113. The lowest BCUT2D eigenvalue weighted by atomic mass is 9.85. The van der Waals surface area contributed by atoms with E-state index >= 15 is 0 Å². The zero-order valence-corrected chi connectivity index (χ0v) is 15.1. The van der Waals surface area contributed by atoms with Gasteiger partial charge in [-0.3, -0.25) is 9.59 Å². The zero-order chi connectivity index (χ0) is 17.7. The maximum atomic E-state index is 12.1. The van der Waals surface area contributed by atoms with Crippen LogP contribution in [0, 0.1) is 0 Å². The summed E-state index contributed by atoms with van der Waals surface area (Å²) >= 11 is 0. The van der Waals surface area contributed by atoms with Gasteiger partial charge in [-0.25, -0.2) is 0 Å². The van der Waals surface area contributed by atoms with Gasteiger partial charge in [0.15, 0.2) is 0 Å². The second-order valence-electron chi connectivity index (χ2n) is 7.23. The molecule has 0 aromatic heterocycles. The van der Waals surface area contributed by atoms with Crippen molar-refractivity contribution in [2.45, 2.75) is 52.1 Å². The molecule has 1 fully saturated rings. The number of benzene rings is 1. The number of carbonyl (C=O) groups excluding carboxylic acids is 2. The molecule has 0 radical (unpaired) electrons. The molecule has 24 heavy (non-hydrogen) atoms. The van der Waals surface area contributed by atoms with Crippen molar-refractivity contribution < 1.29 is 14.3 Å². The van der Waals surface area contributed by atoms with Gasteiger partial charge in [0.05, 0.1) is 0 Å². The fraction of sp³-hybridized carbons (Fsp3) is 0.579. The summed E-state index contributed by atoms with van der Waals surface area (Å²) in [5, 5.41) is 2.88. The second-order valence-corrected chi connectivity index (χ2v) is 7.23. The monoisotopic (exact) mass is 332 g/mol. The number of carbonyl (C=O) groups is 2. The molecule has 1 heterocycles. The summed E-state index contributed by atoms with van der Waals surface area (Å²) in [5.41, 5.74) is 1.96. The molecule has 1 unspecified atom stereocenters. The molecule has 0 saturated carbocycles. The van der Waals surface area contributed by atoms with E-state index in [9.17, 15) is 9.59 Å². The maximum absolute atomic E-state index is 12.1. The second kappa shape index (κ2) is 7.79. The van der Waals surface area contributed by atoms with Gasteiger partial charge in [-0.05, 0) is 29.9 Å². The van der Waals surface area contributed by atoms with Crippen molar-refractivity contribution in [3.05, 3.63) is 29.8 Å². The van der Waals surface area contributed by atoms with Crippen LogP contribution in [-0.2, 0) is 19.7 Å². The fourth-order valence-corrected chi connectivity index (χ4v) is 2.98. The summed E-state index contributed by atoms with van der Waals surface area (Å²) in [6.07, 6.45) is 1.36. The van der Waals surface area contributed by atoms with Crippen molar-refractivity contribution in [1.82, 2.24) is 5.32 Å². The van der Waals surface area contributed by atoms with E-state index in [1.165, 1.54) is 0 Å². The van der Waals surface area contributed by atoms with E-state index in [0.717, 1.165) is 24.1 Å². The van der Waals surface area contributed by atoms with Crippen molar-refractivity contribution in [1.29, 1.82) is 0 Å². The van der Waals surface area contributed by atoms with Crippen LogP contribution in [0.4, 0.5) is 5.69 Å². The number of hydrogen-bond acceptors (Lipinski definition) is 3. The first-order valence-electron chi connectivity index (χ1n) is 8.57. The van der Waals surface area contributed by atoms with E-state index in [4.69, 9.17) is 4.74 Å². The molecule has 1 aromatic rings. The molecule has 2 rings (SSSR count). The largest absolute Gasteiger partial charge is 0.368 e. The van der Waals surface area contributed by atoms with E-state index in [2.05, 4.69) is 32.2 Å². The van der Waals surface area contributed by atoms with Crippen molar-refractivity contribution >= 4 is 17.5 Å². The number of amides is 2. The van der Waals surface area contributed by atoms with Crippen LogP contribution in [0.2, 0.25) is 0 Å². The number of ether oxygens (including phenoxy) is 1. The number of hydrogen-bond donors (Lipinski definition) is 1. The predicted octanol–water partition coefficient (Wildman–Crippen LogP) is 2.63. The lowest BCUT2D eigenvalue weighted by Gasteiger charge is -2.29. The summed E-state index contributed by atoms with van der Waals surface area (Å²) in [4.78, 5) is 25.9. The van der Waals surface area contributed by atoms with Gasteiger partial charge in [-0.15, -0.1) is 0 Å². The van der Waals surface area contributed by atoms with Crippen LogP contribution in [0.25, 0.3) is 0 Å². The van der Waals surface area contributed by atoms with Crippen LogP contribution in [0.1, 0.15) is 46.1 Å². The highest BCUT2D eigenvalue weighted by atomic mass is 16.5. The van der Waals surface area contributed by atoms with Gasteiger partial charge in [0, 0.05) is 32.3 Å². The van der Waals surface area contributed by atoms with E-state index in [1.54, 1.807) is 11.8 Å². The fourth-order valence-electron chi connectivity index (χ4n) is 2.98. The van der Waals surface area contributed by atoms with Gasteiger partial charge >= 0.3 is 0 Å². The maximum Gasteiger partial charge on any atom is 0.249 e. The number of anilines is 1. The average molecular weight is 332 g/mol. The molecule has 0 aliphatic carbocycles. The topological polar surface area (TPSA) is 58.6 Å². The predicted molar refractivity (Wildman–Crippen MR) is 95.2 cm³/mol. The molecular formula is C19H28N2O3. The van der Waals surface area contributed by atoms with Crippen molar-refractivity contribution in [2.75, 3.05) is 24.6 Å². The summed E-state index contributed by atoms with van der Waals surface area (Å²) < 4.78 is 5.38. The van der Waals surface area contributed by atoms with Crippen LogP contribution in [0.3, 0.4) is 0 Å². The molecule has 1 atom stereocenters. The van der Waals surface area contributed by atoms with Crippen molar-refractivity contribution in [3.63, 3.8) is 0 Å². The van der Waals surface area contributed by atoms with E-state index in [-0.39, 0.29) is 23.3 Å². The minimum absolute atomic E-state index is 0.0296. The molecule has 0 spiro atoms. The Hall–Kier alpha value is -1.88. The Kier molecular flexibility index (Phi) is 5.99. The van der Waals surface area contributed by atoms with Gasteiger partial charge in [0.25, 0.3) is 0 Å². The Labute approximate surface area is 144 Å². The lowest BCUT2D eigenvalue weighted by Crippen LogP contribution is -2.41. The Morgan fingerprint density at radius 2 is 2.00 bits per heavy atom. The minimum Gasteiger partial charge on any atom is -0.368 e. The van der Waals surface area contributed by atoms with Crippen LogP contribution >= 0.6 is 0 Å². The number of nitrogens with one attached hydrogen (secondary N) is 1. The number of rotatable bonds is 5. The van der Waals surface area contributed by atoms with Crippen LogP contribution in [-0.4, -0.2) is 37.6 Å². The molecule has 0 bridgehead atoms. The van der Waals surface area contributed by atoms with E-state index in [1.807, 2.05) is 18.2 Å². The third-order valence-electron chi connectivity index (χ3n) is 4.24. The van der Waals surface area contributed by atoms with Crippen LogP contribution in [0.5, 0.6) is 0 Å². The van der Waals surface area contributed by atoms with Gasteiger partial charge in [-0.1, -0.05) is 39.0 Å². The third-order valence-corrected chi connectivity index (χ3v) is 4.24. The Balaban J connectivity index is 2.05. The summed E-state index contributed by atoms with van der Waals surface area (Å²) in [6, 6.07) is 7.94. The highest BCUT2D eigenvalue weighted by molar-refractivity contribution is 5.92. The first-order chi connectivity index (χ1) is 11.3. The highest BCUT2D eigenvalue weighted by Crippen LogP contribution is 2.31. The first-order valence-corrected chi connectivity index (χ1v) is 8.57. The summed E-state index contributed by atoms with van der Waals surface area (Å²) in [7, 11) is 0. The van der Waals surface area contributed by atoms with Crippen LogP contribution in [0.15, 0.2) is 24.3 Å². The molecule has 1 aliphatic rings. The molecule has 2 amide bonds. The molecule has 1 saturated heterocycles. The quantitative estimate of drug-likeness (QED) is 0.902. The highest BCUT2D eigenvalue weighted by Gasteiger charge is 2.25. The first kappa shape index (κ1) is 18.5. The Morgan fingerprint density at radius 3 is 2.58 bits per heavy atom. The molecule has 132 valence electrons. The molecule has 5 nitrogen and oxygen atoms in total.